The summed E-state index contributed by atoms with van der Waals surface area (Å²) in [4.78, 5) is 0. The zero-order chi connectivity index (χ0) is 7.33. The summed E-state index contributed by atoms with van der Waals surface area (Å²) in [6.07, 6.45) is 1.03. The van der Waals surface area contributed by atoms with Crippen molar-refractivity contribution in [2.75, 3.05) is 0 Å². The van der Waals surface area contributed by atoms with Crippen molar-refractivity contribution in [3.8, 4) is 0 Å². The lowest BCUT2D eigenvalue weighted by Crippen LogP contribution is -2.21. The molecule has 0 unspecified atom stereocenters. The Kier molecular flexibility index (Phi) is 4.15. The van der Waals surface area contributed by atoms with Crippen LogP contribution in [0.3, 0.4) is 0 Å². The molecule has 0 N–H and O–H groups in total. The SMILES string of the molecule is [CH2]CC[SiH2]OC(C)(C)C. The molecular weight excluding hydrogens is 128 g/mol. The van der Waals surface area contributed by atoms with Gasteiger partial charge >= 0.3 is 0 Å². The lowest BCUT2D eigenvalue weighted by Gasteiger charge is -2.19. The van der Waals surface area contributed by atoms with Gasteiger partial charge in [0.15, 0.2) is 9.76 Å². The predicted molar refractivity (Wildman–Crippen MR) is 44.2 cm³/mol. The molecular formula is C7H17OSi. The van der Waals surface area contributed by atoms with E-state index in [1.54, 1.807) is 0 Å². The highest BCUT2D eigenvalue weighted by atomic mass is 28.2. The Morgan fingerprint density at radius 3 is 2.33 bits per heavy atom. The standard InChI is InChI=1S/C7H17OSi/c1-5-6-9-8-7(2,3)4/h1,5-6,9H2,2-4H3. The van der Waals surface area contributed by atoms with Gasteiger partial charge in [0.2, 0.25) is 0 Å². The molecule has 0 saturated carbocycles. The first-order chi connectivity index (χ1) is 4.06. The molecule has 0 amide bonds. The van der Waals surface area contributed by atoms with E-state index < -0.39 is 0 Å². The van der Waals surface area contributed by atoms with Gasteiger partial charge in [-0.25, -0.2) is 0 Å². The van der Waals surface area contributed by atoms with E-state index in [1.807, 2.05) is 0 Å². The molecule has 0 aromatic rings. The zero-order valence-electron chi connectivity index (χ0n) is 6.74. The van der Waals surface area contributed by atoms with Gasteiger partial charge in [-0.2, -0.15) is 0 Å². The summed E-state index contributed by atoms with van der Waals surface area (Å²) in [7, 11) is -0.255. The van der Waals surface area contributed by atoms with Gasteiger partial charge < -0.3 is 4.43 Å². The van der Waals surface area contributed by atoms with Gasteiger partial charge in [-0.05, 0) is 26.8 Å². The van der Waals surface area contributed by atoms with Crippen LogP contribution in [0.5, 0.6) is 0 Å². The molecule has 0 saturated heterocycles. The van der Waals surface area contributed by atoms with Crippen molar-refractivity contribution >= 4 is 9.76 Å². The summed E-state index contributed by atoms with van der Waals surface area (Å²) < 4.78 is 5.57. The molecule has 0 aromatic carbocycles. The molecule has 0 aliphatic rings. The van der Waals surface area contributed by atoms with Gasteiger partial charge in [-0.1, -0.05) is 13.3 Å². The summed E-state index contributed by atoms with van der Waals surface area (Å²) in [5.74, 6) is 0. The van der Waals surface area contributed by atoms with E-state index in [2.05, 4.69) is 27.7 Å². The van der Waals surface area contributed by atoms with Crippen LogP contribution in [-0.2, 0) is 4.43 Å². The van der Waals surface area contributed by atoms with Gasteiger partial charge in [0.25, 0.3) is 0 Å². The van der Waals surface area contributed by atoms with Crippen molar-refractivity contribution in [2.24, 2.45) is 0 Å². The van der Waals surface area contributed by atoms with E-state index in [0.717, 1.165) is 6.42 Å². The summed E-state index contributed by atoms with van der Waals surface area (Å²) in [6, 6.07) is 1.21. The highest BCUT2D eigenvalue weighted by Crippen LogP contribution is 2.05. The van der Waals surface area contributed by atoms with Gasteiger partial charge in [-0.15, -0.1) is 0 Å². The lowest BCUT2D eigenvalue weighted by molar-refractivity contribution is 0.138. The minimum Gasteiger partial charge on any atom is -0.419 e. The molecule has 0 aliphatic heterocycles. The Balaban J connectivity index is 3.07. The maximum Gasteiger partial charge on any atom is 0.162 e. The Morgan fingerprint density at radius 1 is 1.44 bits per heavy atom. The molecule has 0 rings (SSSR count). The Labute approximate surface area is 60.7 Å². The highest BCUT2D eigenvalue weighted by Gasteiger charge is 2.07. The van der Waals surface area contributed by atoms with Crippen molar-refractivity contribution in [3.05, 3.63) is 6.92 Å². The Bertz CT molecular complexity index is 65.8. The largest absolute Gasteiger partial charge is 0.419 e. The van der Waals surface area contributed by atoms with Crippen LogP contribution in [0.1, 0.15) is 27.2 Å². The topological polar surface area (TPSA) is 9.23 Å². The summed E-state index contributed by atoms with van der Waals surface area (Å²) in [6.45, 7) is 10.1. The van der Waals surface area contributed by atoms with Crippen LogP contribution in [0.15, 0.2) is 0 Å². The van der Waals surface area contributed by atoms with Crippen LogP contribution in [0, 0.1) is 6.92 Å². The third-order valence-corrected chi connectivity index (χ3v) is 2.79. The van der Waals surface area contributed by atoms with E-state index in [4.69, 9.17) is 4.43 Å². The van der Waals surface area contributed by atoms with Gasteiger partial charge in [0.05, 0.1) is 0 Å². The van der Waals surface area contributed by atoms with Gasteiger partial charge in [-0.3, -0.25) is 0 Å². The van der Waals surface area contributed by atoms with Crippen molar-refractivity contribution in [1.82, 2.24) is 0 Å². The van der Waals surface area contributed by atoms with Crippen LogP contribution in [-0.4, -0.2) is 15.4 Å². The fourth-order valence-corrected chi connectivity index (χ4v) is 1.44. The maximum atomic E-state index is 5.57. The van der Waals surface area contributed by atoms with Gasteiger partial charge in [0, 0.05) is 5.60 Å². The molecule has 0 bridgehead atoms. The summed E-state index contributed by atoms with van der Waals surface area (Å²) in [5.41, 5.74) is 0.0847. The van der Waals surface area contributed by atoms with Crippen molar-refractivity contribution < 1.29 is 4.43 Å². The quantitative estimate of drug-likeness (QED) is 0.432. The first-order valence-corrected chi connectivity index (χ1v) is 5.07. The molecule has 0 fully saturated rings. The predicted octanol–water partition coefficient (Wildman–Crippen LogP) is 1.53. The molecule has 0 atom stereocenters. The maximum absolute atomic E-state index is 5.57. The normalized spacial score (nSPS) is 13.3. The third kappa shape index (κ3) is 8.18. The lowest BCUT2D eigenvalue weighted by atomic mass is 10.2. The fraction of sp³-hybridized carbons (Fsp3) is 0.857. The highest BCUT2D eigenvalue weighted by molar-refractivity contribution is 6.27. The molecule has 9 heavy (non-hydrogen) atoms. The first kappa shape index (κ1) is 9.18. The second-order valence-electron chi connectivity index (χ2n) is 3.17. The van der Waals surface area contributed by atoms with Crippen LogP contribution < -0.4 is 0 Å². The second kappa shape index (κ2) is 4.07. The van der Waals surface area contributed by atoms with E-state index in [9.17, 15) is 0 Å². The smallest absolute Gasteiger partial charge is 0.162 e. The van der Waals surface area contributed by atoms with E-state index in [-0.39, 0.29) is 15.4 Å². The third-order valence-electron chi connectivity index (χ3n) is 0.929. The van der Waals surface area contributed by atoms with Gasteiger partial charge in [0.1, 0.15) is 0 Å². The monoisotopic (exact) mass is 145 g/mol. The van der Waals surface area contributed by atoms with Crippen molar-refractivity contribution in [1.29, 1.82) is 0 Å². The minimum atomic E-state index is -0.255. The van der Waals surface area contributed by atoms with E-state index >= 15 is 0 Å². The second-order valence-corrected chi connectivity index (χ2v) is 4.57. The molecule has 2 heteroatoms. The number of hydrogen-bond acceptors (Lipinski definition) is 1. The van der Waals surface area contributed by atoms with Crippen LogP contribution in [0.4, 0.5) is 0 Å². The van der Waals surface area contributed by atoms with Crippen LogP contribution >= 0.6 is 0 Å². The van der Waals surface area contributed by atoms with E-state index in [0.29, 0.717) is 0 Å². The molecule has 0 aliphatic carbocycles. The van der Waals surface area contributed by atoms with Crippen molar-refractivity contribution in [3.63, 3.8) is 0 Å². The van der Waals surface area contributed by atoms with E-state index in [1.165, 1.54) is 6.04 Å². The zero-order valence-corrected chi connectivity index (χ0v) is 8.15. The summed E-state index contributed by atoms with van der Waals surface area (Å²) in [5, 5.41) is 0. The Morgan fingerprint density at radius 2 is 2.00 bits per heavy atom. The molecule has 0 heterocycles. The molecule has 1 radical (unpaired) electrons. The molecule has 0 spiro atoms. The number of rotatable bonds is 3. The van der Waals surface area contributed by atoms with Crippen LogP contribution in [0.25, 0.3) is 0 Å². The Hall–Kier alpha value is 0.177. The average Bonchev–Trinajstić information content (AvgIpc) is 1.63. The minimum absolute atomic E-state index is 0.0847. The van der Waals surface area contributed by atoms with Crippen LogP contribution in [0.2, 0.25) is 6.04 Å². The summed E-state index contributed by atoms with van der Waals surface area (Å²) >= 11 is 0. The average molecular weight is 145 g/mol. The molecule has 1 nitrogen and oxygen atoms in total. The first-order valence-electron chi connectivity index (χ1n) is 3.49. The molecule has 55 valence electrons. The fourth-order valence-electron chi connectivity index (χ4n) is 0.480. The molecule has 0 aromatic heterocycles. The number of hydrogen-bond donors (Lipinski definition) is 0. The van der Waals surface area contributed by atoms with Crippen molar-refractivity contribution in [2.45, 2.75) is 38.8 Å².